The second-order valence-electron chi connectivity index (χ2n) is 9.45. The number of rotatable bonds is 7. The van der Waals surface area contributed by atoms with Crippen molar-refractivity contribution in [3.05, 3.63) is 54.1 Å². The van der Waals surface area contributed by atoms with Crippen molar-refractivity contribution in [1.29, 1.82) is 0 Å². The van der Waals surface area contributed by atoms with Gasteiger partial charge < -0.3 is 19.9 Å². The molecule has 0 aliphatic carbocycles. The third-order valence-corrected chi connectivity index (χ3v) is 6.87. The number of amides is 1. The molecule has 7 nitrogen and oxygen atoms in total. The Bertz CT molecular complexity index is 1140. The molecule has 5 rings (SSSR count). The van der Waals surface area contributed by atoms with Crippen LogP contribution in [0, 0.1) is 0 Å². The number of ether oxygens (including phenoxy) is 1. The van der Waals surface area contributed by atoms with E-state index in [9.17, 15) is 4.79 Å². The second-order valence-corrected chi connectivity index (χ2v) is 9.45. The van der Waals surface area contributed by atoms with E-state index in [1.807, 2.05) is 47.4 Å². The van der Waals surface area contributed by atoms with Crippen molar-refractivity contribution in [3.63, 3.8) is 0 Å². The van der Waals surface area contributed by atoms with Crippen molar-refractivity contribution < 1.29 is 9.53 Å². The van der Waals surface area contributed by atoms with Crippen LogP contribution in [0.3, 0.4) is 0 Å². The summed E-state index contributed by atoms with van der Waals surface area (Å²) in [5.74, 6) is 2.46. The molecule has 7 heteroatoms. The summed E-state index contributed by atoms with van der Waals surface area (Å²) >= 11 is 0. The maximum Gasteiger partial charge on any atom is 0.253 e. The summed E-state index contributed by atoms with van der Waals surface area (Å²) in [6.07, 6.45) is 8.24. The van der Waals surface area contributed by atoms with E-state index < -0.39 is 0 Å². The smallest absolute Gasteiger partial charge is 0.253 e. The van der Waals surface area contributed by atoms with Crippen molar-refractivity contribution in [2.45, 2.75) is 44.9 Å². The number of carbonyl (C=O) groups excluding carboxylic acids is 1. The molecule has 3 heterocycles. The predicted molar refractivity (Wildman–Crippen MR) is 140 cm³/mol. The average Bonchev–Trinajstić information content (AvgIpc) is 3.21. The van der Waals surface area contributed by atoms with Gasteiger partial charge in [-0.1, -0.05) is 31.0 Å². The van der Waals surface area contributed by atoms with Crippen LogP contribution >= 0.6 is 0 Å². The fourth-order valence-corrected chi connectivity index (χ4v) is 4.95. The van der Waals surface area contributed by atoms with Gasteiger partial charge in [-0.2, -0.15) is 4.98 Å². The maximum atomic E-state index is 12.9. The minimum atomic E-state index is 0.105. The zero-order chi connectivity index (χ0) is 23.9. The highest BCUT2D eigenvalue weighted by Gasteiger charge is 2.18. The lowest BCUT2D eigenvalue weighted by atomic mass is 10.1. The van der Waals surface area contributed by atoms with E-state index >= 15 is 0 Å². The van der Waals surface area contributed by atoms with E-state index in [1.54, 1.807) is 0 Å². The average molecular weight is 474 g/mol. The van der Waals surface area contributed by atoms with Crippen molar-refractivity contribution >= 4 is 28.6 Å². The minimum absolute atomic E-state index is 0.105. The Hall–Kier alpha value is -3.35. The molecule has 2 aliphatic heterocycles. The zero-order valence-electron chi connectivity index (χ0n) is 20.4. The number of para-hydroxylation sites is 1. The molecule has 3 aromatic rings. The molecule has 184 valence electrons. The topological polar surface area (TPSA) is 70.6 Å². The fourth-order valence-electron chi connectivity index (χ4n) is 4.95. The third kappa shape index (κ3) is 5.84. The summed E-state index contributed by atoms with van der Waals surface area (Å²) < 4.78 is 6.00. The molecule has 0 radical (unpaired) electrons. The van der Waals surface area contributed by atoms with E-state index in [-0.39, 0.29) is 5.91 Å². The van der Waals surface area contributed by atoms with Crippen molar-refractivity contribution in [1.82, 2.24) is 14.9 Å². The molecule has 2 aromatic carbocycles. The first-order valence-electron chi connectivity index (χ1n) is 13.1. The number of nitrogens with one attached hydrogen (secondary N) is 1. The third-order valence-electron chi connectivity index (χ3n) is 6.87. The largest absolute Gasteiger partial charge is 0.492 e. The molecule has 0 unspecified atom stereocenters. The van der Waals surface area contributed by atoms with Gasteiger partial charge in [-0.05, 0) is 62.4 Å². The quantitative estimate of drug-likeness (QED) is 0.480. The molecular weight excluding hydrogens is 438 g/mol. The summed E-state index contributed by atoms with van der Waals surface area (Å²) in [6, 6.07) is 15.7. The molecule has 1 N–H and O–H groups in total. The number of carbonyl (C=O) groups is 1. The number of benzene rings is 2. The standard InChI is InChI=1S/C28H35N5O2/c34-27(32-16-6-1-2-7-17-32)22-11-10-12-23(21-22)35-20-15-29-26-24-13-4-5-14-25(24)30-28(31-26)33-18-8-3-9-19-33/h4-5,10-14,21H,1-3,6-9,15-20H2,(H,29,30,31). The Kier molecular flexibility index (Phi) is 7.61. The molecule has 2 fully saturated rings. The molecule has 0 saturated carbocycles. The van der Waals surface area contributed by atoms with Crippen molar-refractivity contribution in [2.75, 3.05) is 49.5 Å². The first-order valence-corrected chi connectivity index (χ1v) is 13.1. The Balaban J connectivity index is 1.21. The molecule has 1 aromatic heterocycles. The van der Waals surface area contributed by atoms with Gasteiger partial charge in [-0.3, -0.25) is 4.79 Å². The van der Waals surface area contributed by atoms with Crippen LogP contribution in [0.5, 0.6) is 5.75 Å². The van der Waals surface area contributed by atoms with Gasteiger partial charge in [0.05, 0.1) is 12.1 Å². The van der Waals surface area contributed by atoms with Gasteiger partial charge in [-0.15, -0.1) is 0 Å². The molecule has 0 atom stereocenters. The van der Waals surface area contributed by atoms with Crippen LogP contribution < -0.4 is 15.0 Å². The number of anilines is 2. The first kappa shape index (κ1) is 23.4. The molecule has 2 saturated heterocycles. The van der Waals surface area contributed by atoms with Gasteiger partial charge in [0.2, 0.25) is 5.95 Å². The lowest BCUT2D eigenvalue weighted by Crippen LogP contribution is -2.31. The maximum absolute atomic E-state index is 12.9. The molecule has 1 amide bonds. The number of piperidine rings is 1. The van der Waals surface area contributed by atoms with Crippen LogP contribution in [0.2, 0.25) is 0 Å². The SMILES string of the molecule is O=C(c1cccc(OCCNc2nc(N3CCCCC3)nc3ccccc23)c1)N1CCCCCC1. The number of aromatic nitrogens is 2. The van der Waals surface area contributed by atoms with Crippen LogP contribution in [0.1, 0.15) is 55.3 Å². The molecule has 35 heavy (non-hydrogen) atoms. The summed E-state index contributed by atoms with van der Waals surface area (Å²) in [7, 11) is 0. The molecular formula is C28H35N5O2. The number of hydrogen-bond donors (Lipinski definition) is 1. The Labute approximate surface area is 207 Å². The number of fused-ring (bicyclic) bond motifs is 1. The van der Waals surface area contributed by atoms with Gasteiger partial charge in [0.1, 0.15) is 18.2 Å². The fraction of sp³-hybridized carbons (Fsp3) is 0.464. The number of nitrogens with zero attached hydrogens (tertiary/aromatic N) is 4. The summed E-state index contributed by atoms with van der Waals surface area (Å²) in [5, 5.41) is 4.47. The van der Waals surface area contributed by atoms with Crippen molar-refractivity contribution in [3.8, 4) is 5.75 Å². The second kappa shape index (κ2) is 11.4. The Morgan fingerprint density at radius 3 is 2.43 bits per heavy atom. The van der Waals surface area contributed by atoms with Crippen LogP contribution in [-0.2, 0) is 0 Å². The van der Waals surface area contributed by atoms with E-state index in [2.05, 4.69) is 16.3 Å². The Morgan fingerprint density at radius 2 is 1.60 bits per heavy atom. The van der Waals surface area contributed by atoms with Crippen molar-refractivity contribution in [2.24, 2.45) is 0 Å². The highest BCUT2D eigenvalue weighted by atomic mass is 16.5. The highest BCUT2D eigenvalue weighted by Crippen LogP contribution is 2.25. The summed E-state index contributed by atoms with van der Waals surface area (Å²) in [4.78, 5) is 26.9. The van der Waals surface area contributed by atoms with Crippen LogP contribution in [0.25, 0.3) is 10.9 Å². The predicted octanol–water partition coefficient (Wildman–Crippen LogP) is 5.13. The normalized spacial score (nSPS) is 16.7. The Morgan fingerprint density at radius 1 is 0.857 bits per heavy atom. The van der Waals surface area contributed by atoms with Gasteiger partial charge in [0.15, 0.2) is 0 Å². The number of hydrogen-bond acceptors (Lipinski definition) is 6. The van der Waals surface area contributed by atoms with Gasteiger partial charge in [0, 0.05) is 37.1 Å². The summed E-state index contributed by atoms with van der Waals surface area (Å²) in [6.45, 7) is 4.78. The first-order chi connectivity index (χ1) is 17.3. The molecule has 0 bridgehead atoms. The number of likely N-dealkylation sites (tertiary alicyclic amines) is 1. The van der Waals surface area contributed by atoms with Gasteiger partial charge in [-0.25, -0.2) is 4.98 Å². The molecule has 2 aliphatic rings. The summed E-state index contributed by atoms with van der Waals surface area (Å²) in [5.41, 5.74) is 1.65. The molecule has 0 spiro atoms. The van der Waals surface area contributed by atoms with E-state index in [0.717, 1.165) is 61.7 Å². The zero-order valence-corrected chi connectivity index (χ0v) is 20.4. The minimum Gasteiger partial charge on any atom is -0.492 e. The van der Waals surface area contributed by atoms with Gasteiger partial charge >= 0.3 is 0 Å². The monoisotopic (exact) mass is 473 g/mol. The van der Waals surface area contributed by atoms with E-state index in [0.29, 0.717) is 24.5 Å². The van der Waals surface area contributed by atoms with Gasteiger partial charge in [0.25, 0.3) is 5.91 Å². The van der Waals surface area contributed by atoms with E-state index in [4.69, 9.17) is 14.7 Å². The van der Waals surface area contributed by atoms with Crippen LogP contribution in [0.4, 0.5) is 11.8 Å². The van der Waals surface area contributed by atoms with E-state index in [1.165, 1.54) is 32.1 Å². The lowest BCUT2D eigenvalue weighted by Gasteiger charge is -2.27. The van der Waals surface area contributed by atoms with Crippen LogP contribution in [-0.4, -0.2) is 60.1 Å². The lowest BCUT2D eigenvalue weighted by molar-refractivity contribution is 0.0761. The van der Waals surface area contributed by atoms with Crippen LogP contribution in [0.15, 0.2) is 48.5 Å². The highest BCUT2D eigenvalue weighted by molar-refractivity contribution is 5.94.